The third kappa shape index (κ3) is 2.33. The Bertz CT molecular complexity index is 359. The molecule has 4 heteroatoms. The summed E-state index contributed by atoms with van der Waals surface area (Å²) in [7, 11) is 0. The van der Waals surface area contributed by atoms with Gasteiger partial charge in [0.25, 0.3) is 0 Å². The minimum atomic E-state index is 0.722. The zero-order valence-corrected chi connectivity index (χ0v) is 8.35. The molecule has 2 heterocycles. The molecule has 0 bridgehead atoms. The van der Waals surface area contributed by atoms with Crippen molar-refractivity contribution >= 4 is 17.9 Å². The molecule has 0 radical (unpaired) electrons. The number of aliphatic imine (C=N–C) groups is 1. The normalized spacial score (nSPS) is 15.5. The monoisotopic (exact) mass is 207 g/mol. The SMILES string of the molecule is ClC1=CN=CN(Cc2cccnc2)C1. The third-order valence-electron chi connectivity index (χ3n) is 1.91. The molecular weight excluding hydrogens is 198 g/mol. The van der Waals surface area contributed by atoms with Crippen LogP contribution in [0.4, 0.5) is 0 Å². The fourth-order valence-corrected chi connectivity index (χ4v) is 1.52. The van der Waals surface area contributed by atoms with Gasteiger partial charge in [-0.05, 0) is 11.6 Å². The second kappa shape index (κ2) is 4.24. The summed E-state index contributed by atoms with van der Waals surface area (Å²) in [4.78, 5) is 10.1. The molecule has 0 N–H and O–H groups in total. The van der Waals surface area contributed by atoms with E-state index in [-0.39, 0.29) is 0 Å². The molecule has 0 atom stereocenters. The first-order valence-electron chi connectivity index (χ1n) is 4.35. The van der Waals surface area contributed by atoms with E-state index < -0.39 is 0 Å². The van der Waals surface area contributed by atoms with Crippen LogP contribution in [0.5, 0.6) is 0 Å². The fraction of sp³-hybridized carbons (Fsp3) is 0.200. The van der Waals surface area contributed by atoms with Crippen LogP contribution >= 0.6 is 11.6 Å². The van der Waals surface area contributed by atoms with Gasteiger partial charge in [0.2, 0.25) is 0 Å². The van der Waals surface area contributed by atoms with Crippen LogP contribution in [0.3, 0.4) is 0 Å². The van der Waals surface area contributed by atoms with Crippen LogP contribution in [-0.4, -0.2) is 22.8 Å². The van der Waals surface area contributed by atoms with Crippen molar-refractivity contribution in [2.24, 2.45) is 4.99 Å². The summed E-state index contributed by atoms with van der Waals surface area (Å²) in [6.45, 7) is 1.52. The quantitative estimate of drug-likeness (QED) is 0.742. The summed E-state index contributed by atoms with van der Waals surface area (Å²) in [6, 6.07) is 3.96. The highest BCUT2D eigenvalue weighted by atomic mass is 35.5. The number of aromatic nitrogens is 1. The first-order chi connectivity index (χ1) is 6.84. The van der Waals surface area contributed by atoms with Crippen molar-refractivity contribution < 1.29 is 0 Å². The highest BCUT2D eigenvalue weighted by Crippen LogP contribution is 2.10. The van der Waals surface area contributed by atoms with E-state index in [0.29, 0.717) is 0 Å². The van der Waals surface area contributed by atoms with Crippen LogP contribution in [0.15, 0.2) is 40.8 Å². The molecule has 0 saturated carbocycles. The van der Waals surface area contributed by atoms with Crippen molar-refractivity contribution in [3.8, 4) is 0 Å². The number of nitrogens with zero attached hydrogens (tertiary/aromatic N) is 3. The number of pyridine rings is 1. The molecule has 14 heavy (non-hydrogen) atoms. The molecule has 0 spiro atoms. The van der Waals surface area contributed by atoms with Crippen LogP contribution in [0.25, 0.3) is 0 Å². The Morgan fingerprint density at radius 1 is 1.50 bits per heavy atom. The van der Waals surface area contributed by atoms with Gasteiger partial charge >= 0.3 is 0 Å². The highest BCUT2D eigenvalue weighted by molar-refractivity contribution is 6.30. The van der Waals surface area contributed by atoms with Crippen molar-refractivity contribution in [1.82, 2.24) is 9.88 Å². The van der Waals surface area contributed by atoms with E-state index in [2.05, 4.69) is 9.98 Å². The molecule has 72 valence electrons. The highest BCUT2D eigenvalue weighted by Gasteiger charge is 2.06. The summed E-state index contributed by atoms with van der Waals surface area (Å²) >= 11 is 5.87. The Morgan fingerprint density at radius 2 is 2.43 bits per heavy atom. The Morgan fingerprint density at radius 3 is 3.14 bits per heavy atom. The number of hydrogen-bond donors (Lipinski definition) is 0. The Hall–Kier alpha value is -1.35. The molecule has 0 amide bonds. The van der Waals surface area contributed by atoms with Crippen LogP contribution in [0, 0.1) is 0 Å². The maximum Gasteiger partial charge on any atom is 0.0911 e. The Kier molecular flexibility index (Phi) is 2.79. The van der Waals surface area contributed by atoms with Crippen molar-refractivity contribution in [2.75, 3.05) is 6.54 Å². The summed E-state index contributed by atoms with van der Waals surface area (Å²) in [5, 5.41) is 0.761. The van der Waals surface area contributed by atoms with Gasteiger partial charge in [-0.1, -0.05) is 17.7 Å². The molecule has 1 aliphatic heterocycles. The summed E-state index contributed by atoms with van der Waals surface area (Å²) in [6.07, 6.45) is 7.07. The van der Waals surface area contributed by atoms with E-state index in [1.807, 2.05) is 23.2 Å². The average Bonchev–Trinajstić information content (AvgIpc) is 2.19. The maximum absolute atomic E-state index is 5.87. The van der Waals surface area contributed by atoms with E-state index in [1.165, 1.54) is 0 Å². The minimum Gasteiger partial charge on any atom is -0.353 e. The molecule has 0 unspecified atom stereocenters. The van der Waals surface area contributed by atoms with Gasteiger partial charge in [0.15, 0.2) is 0 Å². The molecular formula is C10H10ClN3. The molecule has 0 fully saturated rings. The van der Waals surface area contributed by atoms with E-state index in [0.717, 1.165) is 23.7 Å². The lowest BCUT2D eigenvalue weighted by Crippen LogP contribution is -2.24. The average molecular weight is 208 g/mol. The van der Waals surface area contributed by atoms with Crippen LogP contribution in [0.2, 0.25) is 0 Å². The molecule has 1 aromatic rings. The van der Waals surface area contributed by atoms with Crippen molar-refractivity contribution in [3.05, 3.63) is 41.3 Å². The number of halogens is 1. The van der Waals surface area contributed by atoms with Crippen LogP contribution in [0.1, 0.15) is 5.56 Å². The fourth-order valence-electron chi connectivity index (χ4n) is 1.31. The summed E-state index contributed by atoms with van der Waals surface area (Å²) < 4.78 is 0. The second-order valence-electron chi connectivity index (χ2n) is 3.11. The zero-order valence-electron chi connectivity index (χ0n) is 7.60. The molecule has 3 nitrogen and oxygen atoms in total. The van der Waals surface area contributed by atoms with Gasteiger partial charge < -0.3 is 4.90 Å². The van der Waals surface area contributed by atoms with Gasteiger partial charge in [0.05, 0.1) is 17.9 Å². The van der Waals surface area contributed by atoms with Crippen LogP contribution < -0.4 is 0 Å². The largest absolute Gasteiger partial charge is 0.353 e. The topological polar surface area (TPSA) is 28.5 Å². The summed E-state index contributed by atoms with van der Waals surface area (Å²) in [5.74, 6) is 0. The summed E-state index contributed by atoms with van der Waals surface area (Å²) in [5.41, 5.74) is 1.16. The lowest BCUT2D eigenvalue weighted by molar-refractivity contribution is 0.460. The minimum absolute atomic E-state index is 0.722. The molecule has 0 aliphatic carbocycles. The predicted octanol–water partition coefficient (Wildman–Crippen LogP) is 2.01. The van der Waals surface area contributed by atoms with E-state index >= 15 is 0 Å². The lowest BCUT2D eigenvalue weighted by atomic mass is 10.2. The third-order valence-corrected chi connectivity index (χ3v) is 2.12. The number of hydrogen-bond acceptors (Lipinski definition) is 3. The Labute approximate surface area is 87.7 Å². The molecule has 2 rings (SSSR count). The van der Waals surface area contributed by atoms with Gasteiger partial charge in [0.1, 0.15) is 0 Å². The second-order valence-corrected chi connectivity index (χ2v) is 3.59. The van der Waals surface area contributed by atoms with Gasteiger partial charge in [-0.3, -0.25) is 4.98 Å². The van der Waals surface area contributed by atoms with Crippen molar-refractivity contribution in [3.63, 3.8) is 0 Å². The molecule has 1 aliphatic rings. The van der Waals surface area contributed by atoms with E-state index in [9.17, 15) is 0 Å². The standard InChI is InChI=1S/C10H10ClN3/c11-10-5-13-8-14(7-10)6-9-2-1-3-12-4-9/h1-5,8H,6-7H2. The molecule has 1 aromatic heterocycles. The van der Waals surface area contributed by atoms with Crippen molar-refractivity contribution in [2.45, 2.75) is 6.54 Å². The van der Waals surface area contributed by atoms with E-state index in [4.69, 9.17) is 11.6 Å². The Balaban J connectivity index is 2.00. The number of rotatable bonds is 2. The maximum atomic E-state index is 5.87. The van der Waals surface area contributed by atoms with E-state index in [1.54, 1.807) is 18.7 Å². The smallest absolute Gasteiger partial charge is 0.0911 e. The molecule has 0 saturated heterocycles. The first kappa shape index (κ1) is 9.21. The van der Waals surface area contributed by atoms with Gasteiger partial charge in [-0.2, -0.15) is 0 Å². The van der Waals surface area contributed by atoms with Gasteiger partial charge in [-0.25, -0.2) is 4.99 Å². The zero-order chi connectivity index (χ0) is 9.80. The van der Waals surface area contributed by atoms with Gasteiger partial charge in [0, 0.05) is 25.1 Å². The molecule has 0 aromatic carbocycles. The lowest BCUT2D eigenvalue weighted by Gasteiger charge is -2.20. The van der Waals surface area contributed by atoms with Crippen molar-refractivity contribution in [1.29, 1.82) is 0 Å². The predicted molar refractivity (Wildman–Crippen MR) is 57.1 cm³/mol. The van der Waals surface area contributed by atoms with Crippen LogP contribution in [-0.2, 0) is 6.54 Å². The van der Waals surface area contributed by atoms with Gasteiger partial charge in [-0.15, -0.1) is 0 Å². The first-order valence-corrected chi connectivity index (χ1v) is 4.73.